The van der Waals surface area contributed by atoms with Crippen LogP contribution >= 0.6 is 0 Å². The van der Waals surface area contributed by atoms with Crippen molar-refractivity contribution in [3.8, 4) is 11.5 Å². The molecule has 0 saturated heterocycles. The van der Waals surface area contributed by atoms with Gasteiger partial charge in [-0.15, -0.1) is 0 Å². The molecule has 1 aromatic heterocycles. The Morgan fingerprint density at radius 3 is 2.48 bits per heavy atom. The molecule has 0 saturated carbocycles. The summed E-state index contributed by atoms with van der Waals surface area (Å²) in [5.74, 6) is 2.31. The first-order valence-electron chi connectivity index (χ1n) is 9.07. The molecule has 3 aromatic rings. The van der Waals surface area contributed by atoms with Crippen molar-refractivity contribution in [1.82, 2.24) is 14.9 Å². The third kappa shape index (κ3) is 4.39. The SMILES string of the molecule is CCn1c(CNC(=O)CCc2cc(OC)cc(OC)c2)nc2ccccc21. The molecule has 2 aromatic carbocycles. The highest BCUT2D eigenvalue weighted by Crippen LogP contribution is 2.23. The first kappa shape index (κ1) is 18.8. The van der Waals surface area contributed by atoms with Gasteiger partial charge in [0.25, 0.3) is 0 Å². The number of carbonyl (C=O) groups excluding carboxylic acids is 1. The van der Waals surface area contributed by atoms with Gasteiger partial charge in [0.15, 0.2) is 0 Å². The van der Waals surface area contributed by atoms with Crippen LogP contribution in [0, 0.1) is 0 Å². The molecule has 0 unspecified atom stereocenters. The predicted octanol–water partition coefficient (Wildman–Crippen LogP) is 3.32. The van der Waals surface area contributed by atoms with Crippen LogP contribution in [0.1, 0.15) is 24.7 Å². The maximum Gasteiger partial charge on any atom is 0.220 e. The Hall–Kier alpha value is -3.02. The molecule has 6 heteroatoms. The first-order valence-corrected chi connectivity index (χ1v) is 9.07. The van der Waals surface area contributed by atoms with Crippen molar-refractivity contribution in [2.45, 2.75) is 32.9 Å². The number of aromatic nitrogens is 2. The van der Waals surface area contributed by atoms with Crippen molar-refractivity contribution >= 4 is 16.9 Å². The van der Waals surface area contributed by atoms with Crippen LogP contribution in [-0.4, -0.2) is 29.7 Å². The Labute approximate surface area is 159 Å². The number of rotatable bonds is 8. The lowest BCUT2D eigenvalue weighted by atomic mass is 10.1. The van der Waals surface area contributed by atoms with Crippen LogP contribution in [0.4, 0.5) is 0 Å². The number of aryl methyl sites for hydroxylation is 2. The second-order valence-corrected chi connectivity index (χ2v) is 6.26. The van der Waals surface area contributed by atoms with Gasteiger partial charge in [-0.3, -0.25) is 4.79 Å². The van der Waals surface area contributed by atoms with Crippen LogP contribution in [0.15, 0.2) is 42.5 Å². The molecule has 142 valence electrons. The lowest BCUT2D eigenvalue weighted by Crippen LogP contribution is -2.24. The monoisotopic (exact) mass is 367 g/mol. The molecule has 1 heterocycles. The molecule has 0 bridgehead atoms. The van der Waals surface area contributed by atoms with Crippen molar-refractivity contribution in [1.29, 1.82) is 0 Å². The van der Waals surface area contributed by atoms with Gasteiger partial charge in [0.1, 0.15) is 17.3 Å². The molecule has 0 spiro atoms. The van der Waals surface area contributed by atoms with E-state index in [0.29, 0.717) is 19.4 Å². The Morgan fingerprint density at radius 1 is 1.11 bits per heavy atom. The van der Waals surface area contributed by atoms with Crippen LogP contribution in [0.25, 0.3) is 11.0 Å². The molecule has 1 N–H and O–H groups in total. The maximum atomic E-state index is 12.3. The number of imidazole rings is 1. The number of methoxy groups -OCH3 is 2. The van der Waals surface area contributed by atoms with Crippen LogP contribution in [0.3, 0.4) is 0 Å². The zero-order valence-electron chi connectivity index (χ0n) is 16.0. The quantitative estimate of drug-likeness (QED) is 0.663. The Balaban J connectivity index is 1.61. The van der Waals surface area contributed by atoms with Gasteiger partial charge in [-0.05, 0) is 43.2 Å². The number of carbonyl (C=O) groups is 1. The second kappa shape index (κ2) is 8.58. The predicted molar refractivity (Wildman–Crippen MR) is 105 cm³/mol. The molecule has 0 aliphatic carbocycles. The molecule has 27 heavy (non-hydrogen) atoms. The van der Waals surface area contributed by atoms with Gasteiger partial charge in [-0.2, -0.15) is 0 Å². The molecule has 6 nitrogen and oxygen atoms in total. The Morgan fingerprint density at radius 2 is 1.81 bits per heavy atom. The molecule has 0 aliphatic rings. The summed E-state index contributed by atoms with van der Waals surface area (Å²) in [6.07, 6.45) is 1.01. The number of hydrogen-bond acceptors (Lipinski definition) is 4. The van der Waals surface area contributed by atoms with E-state index in [0.717, 1.165) is 40.5 Å². The number of amides is 1. The fraction of sp³-hybridized carbons (Fsp3) is 0.333. The smallest absolute Gasteiger partial charge is 0.220 e. The van der Waals surface area contributed by atoms with Crippen molar-refractivity contribution in [3.05, 3.63) is 53.9 Å². The number of benzene rings is 2. The largest absolute Gasteiger partial charge is 0.497 e. The van der Waals surface area contributed by atoms with E-state index < -0.39 is 0 Å². The summed E-state index contributed by atoms with van der Waals surface area (Å²) >= 11 is 0. The average molecular weight is 367 g/mol. The van der Waals surface area contributed by atoms with Crippen LogP contribution < -0.4 is 14.8 Å². The standard InChI is InChI=1S/C21H25N3O3/c1-4-24-19-8-6-5-7-18(19)23-20(24)14-22-21(25)10-9-15-11-16(26-2)13-17(12-15)27-3/h5-8,11-13H,4,9-10,14H2,1-3H3,(H,22,25). The summed E-state index contributed by atoms with van der Waals surface area (Å²) in [5, 5.41) is 2.98. The normalized spacial score (nSPS) is 10.8. The lowest BCUT2D eigenvalue weighted by molar-refractivity contribution is -0.121. The van der Waals surface area contributed by atoms with Crippen LogP contribution in [-0.2, 0) is 24.3 Å². The van der Waals surface area contributed by atoms with Crippen LogP contribution in [0.5, 0.6) is 11.5 Å². The third-order valence-electron chi connectivity index (χ3n) is 4.55. The lowest BCUT2D eigenvalue weighted by Gasteiger charge is -2.09. The highest BCUT2D eigenvalue weighted by Gasteiger charge is 2.11. The molecule has 0 radical (unpaired) electrons. The fourth-order valence-corrected chi connectivity index (χ4v) is 3.15. The zero-order chi connectivity index (χ0) is 19.2. The minimum atomic E-state index is -0.00787. The molecular weight excluding hydrogens is 342 g/mol. The van der Waals surface area contributed by atoms with E-state index in [-0.39, 0.29) is 5.91 Å². The molecular formula is C21H25N3O3. The Bertz CT molecular complexity index is 911. The van der Waals surface area contributed by atoms with Crippen LogP contribution in [0.2, 0.25) is 0 Å². The highest BCUT2D eigenvalue weighted by atomic mass is 16.5. The highest BCUT2D eigenvalue weighted by molar-refractivity contribution is 5.77. The maximum absolute atomic E-state index is 12.3. The first-order chi connectivity index (χ1) is 13.1. The number of nitrogens with one attached hydrogen (secondary N) is 1. The molecule has 0 aliphatic heterocycles. The van der Waals surface area contributed by atoms with Gasteiger partial charge in [-0.1, -0.05) is 12.1 Å². The zero-order valence-corrected chi connectivity index (χ0v) is 16.0. The summed E-state index contributed by atoms with van der Waals surface area (Å²) in [7, 11) is 3.23. The van der Waals surface area contributed by atoms with Crippen molar-refractivity contribution in [2.75, 3.05) is 14.2 Å². The molecule has 0 fully saturated rings. The Kier molecular flexibility index (Phi) is 5.96. The fourth-order valence-electron chi connectivity index (χ4n) is 3.15. The van der Waals surface area contributed by atoms with E-state index in [1.165, 1.54) is 0 Å². The average Bonchev–Trinajstić information content (AvgIpc) is 3.07. The van der Waals surface area contributed by atoms with E-state index in [4.69, 9.17) is 9.47 Å². The van der Waals surface area contributed by atoms with E-state index in [1.54, 1.807) is 14.2 Å². The number of para-hydroxylation sites is 2. The third-order valence-corrected chi connectivity index (χ3v) is 4.55. The minimum Gasteiger partial charge on any atom is -0.497 e. The summed E-state index contributed by atoms with van der Waals surface area (Å²) < 4.78 is 12.7. The van der Waals surface area contributed by atoms with Gasteiger partial charge < -0.3 is 19.4 Å². The van der Waals surface area contributed by atoms with Crippen molar-refractivity contribution < 1.29 is 14.3 Å². The van der Waals surface area contributed by atoms with E-state index in [9.17, 15) is 4.79 Å². The van der Waals surface area contributed by atoms with Gasteiger partial charge in [-0.25, -0.2) is 4.98 Å². The molecule has 0 atom stereocenters. The summed E-state index contributed by atoms with van der Waals surface area (Å²) in [4.78, 5) is 16.9. The molecule has 1 amide bonds. The summed E-state index contributed by atoms with van der Waals surface area (Å²) in [5.41, 5.74) is 3.04. The van der Waals surface area contributed by atoms with Gasteiger partial charge >= 0.3 is 0 Å². The number of hydrogen-bond donors (Lipinski definition) is 1. The van der Waals surface area contributed by atoms with Gasteiger partial charge in [0.2, 0.25) is 5.91 Å². The summed E-state index contributed by atoms with van der Waals surface area (Å²) in [6, 6.07) is 13.7. The molecule has 3 rings (SSSR count). The van der Waals surface area contributed by atoms with E-state index >= 15 is 0 Å². The van der Waals surface area contributed by atoms with E-state index in [2.05, 4.69) is 21.8 Å². The van der Waals surface area contributed by atoms with Crippen molar-refractivity contribution in [3.63, 3.8) is 0 Å². The van der Waals surface area contributed by atoms with Gasteiger partial charge in [0, 0.05) is 19.0 Å². The summed E-state index contributed by atoms with van der Waals surface area (Å²) in [6.45, 7) is 3.31. The minimum absolute atomic E-state index is 0.00787. The van der Waals surface area contributed by atoms with Gasteiger partial charge in [0.05, 0.1) is 31.8 Å². The van der Waals surface area contributed by atoms with Crippen molar-refractivity contribution in [2.24, 2.45) is 0 Å². The second-order valence-electron chi connectivity index (χ2n) is 6.26. The number of ether oxygens (including phenoxy) is 2. The number of nitrogens with zero attached hydrogens (tertiary/aromatic N) is 2. The topological polar surface area (TPSA) is 65.4 Å². The van der Waals surface area contributed by atoms with E-state index in [1.807, 2.05) is 42.5 Å². The number of fused-ring (bicyclic) bond motifs is 1.